The zero-order valence-corrected chi connectivity index (χ0v) is 23.4. The fourth-order valence-corrected chi connectivity index (χ4v) is 5.93. The average Bonchev–Trinajstić information content (AvgIpc) is 3.22. The normalized spacial score (nSPS) is 15.7. The molecule has 4 rings (SSSR count). The van der Waals surface area contributed by atoms with Gasteiger partial charge >= 0.3 is 0 Å². The first-order chi connectivity index (χ1) is 16.2. The number of aromatic nitrogens is 3. The van der Waals surface area contributed by atoms with Gasteiger partial charge in [-0.2, -0.15) is 0 Å². The van der Waals surface area contributed by atoms with Gasteiger partial charge in [0, 0.05) is 28.5 Å². The van der Waals surface area contributed by atoms with Gasteiger partial charge in [-0.25, -0.2) is 17.8 Å². The van der Waals surface area contributed by atoms with Gasteiger partial charge in [0.25, 0.3) is 5.91 Å². The first kappa shape index (κ1) is 26.1. The quantitative estimate of drug-likeness (QED) is 0.452. The largest absolute Gasteiger partial charge is 0.337 e. The fourth-order valence-electron chi connectivity index (χ4n) is 3.86. The van der Waals surface area contributed by atoms with Gasteiger partial charge in [-0.1, -0.05) is 35.3 Å². The number of carbonyl (C=O) groups is 1. The van der Waals surface area contributed by atoms with Crippen LogP contribution < -0.4 is 4.72 Å². The predicted molar refractivity (Wildman–Crippen MR) is 139 cm³/mol. The van der Waals surface area contributed by atoms with Crippen LogP contribution in [-0.4, -0.2) is 52.8 Å². The van der Waals surface area contributed by atoms with Crippen LogP contribution in [0.2, 0.25) is 10.0 Å². The van der Waals surface area contributed by atoms with Crippen molar-refractivity contribution in [3.63, 3.8) is 0 Å². The molecule has 3 aromatic rings. The third-order valence-corrected chi connectivity index (χ3v) is 8.88. The lowest BCUT2D eigenvalue weighted by Gasteiger charge is -2.46. The molecule has 0 saturated carbocycles. The lowest BCUT2D eigenvalue weighted by Crippen LogP contribution is -2.59. The van der Waals surface area contributed by atoms with E-state index in [2.05, 4.69) is 31.0 Å². The van der Waals surface area contributed by atoms with E-state index in [-0.39, 0.29) is 21.4 Å². The summed E-state index contributed by atoms with van der Waals surface area (Å²) in [5.74, 6) is -0.340. The van der Waals surface area contributed by atoms with Crippen LogP contribution in [0.4, 0.5) is 0 Å². The van der Waals surface area contributed by atoms with Gasteiger partial charge in [0.2, 0.25) is 10.0 Å². The molecule has 2 aromatic carbocycles. The molecule has 1 aromatic heterocycles. The monoisotopic (exact) mass is 599 g/mol. The lowest BCUT2D eigenvalue weighted by molar-refractivity contribution is 0.0423. The van der Waals surface area contributed by atoms with Gasteiger partial charge in [-0.3, -0.25) is 4.79 Å². The van der Waals surface area contributed by atoms with Crippen molar-refractivity contribution in [3.05, 3.63) is 68.4 Å². The Kier molecular flexibility index (Phi) is 6.82. The molecular weight excluding hydrogens is 577 g/mol. The molecule has 12 heteroatoms. The summed E-state index contributed by atoms with van der Waals surface area (Å²) < 4.78 is 30.5. The minimum absolute atomic E-state index is 0.0143. The highest BCUT2D eigenvalue weighted by Crippen LogP contribution is 2.35. The van der Waals surface area contributed by atoms with Crippen molar-refractivity contribution in [2.24, 2.45) is 0 Å². The maximum atomic E-state index is 13.2. The molecule has 1 N–H and O–H groups in total. The number of halogens is 3. The molecule has 8 nitrogen and oxygen atoms in total. The zero-order valence-electron chi connectivity index (χ0n) is 19.5. The molecule has 1 saturated heterocycles. The third-order valence-electron chi connectivity index (χ3n) is 5.57. The third kappa shape index (κ3) is 5.41. The van der Waals surface area contributed by atoms with Crippen molar-refractivity contribution in [3.8, 4) is 5.69 Å². The van der Waals surface area contributed by atoms with Gasteiger partial charge in [0.15, 0.2) is 0 Å². The molecule has 1 fully saturated rings. The molecule has 0 aliphatic carbocycles. The fraction of sp³-hybridized carbons (Fsp3) is 0.348. The van der Waals surface area contributed by atoms with Crippen LogP contribution in [0.3, 0.4) is 0 Å². The first-order valence-corrected chi connectivity index (χ1v) is 13.7. The number of hydrogen-bond acceptors (Lipinski definition) is 5. The molecule has 35 heavy (non-hydrogen) atoms. The van der Waals surface area contributed by atoms with Gasteiger partial charge in [-0.15, -0.1) is 5.10 Å². The van der Waals surface area contributed by atoms with E-state index in [0.717, 1.165) is 15.9 Å². The number of amides is 1. The highest BCUT2D eigenvalue weighted by atomic mass is 79.9. The molecule has 0 unspecified atom stereocenters. The summed E-state index contributed by atoms with van der Waals surface area (Å²) in [7, 11) is -3.81. The second-order valence-corrected chi connectivity index (χ2v) is 13.2. The van der Waals surface area contributed by atoms with E-state index in [4.69, 9.17) is 23.2 Å². The van der Waals surface area contributed by atoms with E-state index in [1.165, 1.54) is 18.2 Å². The van der Waals surface area contributed by atoms with Crippen molar-refractivity contribution < 1.29 is 13.2 Å². The van der Waals surface area contributed by atoms with Crippen LogP contribution in [0, 0.1) is 0 Å². The predicted octanol–water partition coefficient (Wildman–Crippen LogP) is 4.83. The maximum Gasteiger partial charge on any atom is 0.255 e. The number of carbonyl (C=O) groups excluding carboxylic acids is 1. The Bertz CT molecular complexity index is 1410. The van der Waals surface area contributed by atoms with E-state index in [9.17, 15) is 13.2 Å². The molecule has 0 atom stereocenters. The summed E-state index contributed by atoms with van der Waals surface area (Å²) in [4.78, 5) is 14.8. The number of hydrogen-bond donors (Lipinski definition) is 1. The Balaban J connectivity index is 1.51. The second kappa shape index (κ2) is 9.15. The molecule has 0 radical (unpaired) electrons. The Morgan fingerprint density at radius 1 is 1.11 bits per heavy atom. The average molecular weight is 601 g/mol. The van der Waals surface area contributed by atoms with E-state index < -0.39 is 21.0 Å². The van der Waals surface area contributed by atoms with Gasteiger partial charge in [0.05, 0.1) is 38.1 Å². The highest BCUT2D eigenvalue weighted by molar-refractivity contribution is 9.10. The van der Waals surface area contributed by atoms with Crippen molar-refractivity contribution in [2.75, 3.05) is 13.1 Å². The second-order valence-electron chi connectivity index (χ2n) is 9.87. The van der Waals surface area contributed by atoms with Crippen molar-refractivity contribution in [1.82, 2.24) is 24.6 Å². The molecule has 0 bridgehead atoms. The molecule has 186 valence electrons. The van der Waals surface area contributed by atoms with Crippen LogP contribution in [0.1, 0.15) is 43.7 Å². The van der Waals surface area contributed by atoms with Gasteiger partial charge in [-0.05, 0) is 73.1 Å². The van der Waals surface area contributed by atoms with Crippen LogP contribution in [0.25, 0.3) is 5.69 Å². The topological polar surface area (TPSA) is 97.2 Å². The summed E-state index contributed by atoms with van der Waals surface area (Å²) in [6.45, 7) is 8.01. The minimum Gasteiger partial charge on any atom is -0.337 e. The SMILES string of the molecule is CC(C)(C)NS(=O)(=O)c1ccc(Cl)c(C(=O)N2CC(C)(c3cn(-c4ccc(Br)c(Cl)c4)nn3)C2)c1. The van der Waals surface area contributed by atoms with Crippen LogP contribution in [0.5, 0.6) is 0 Å². The summed E-state index contributed by atoms with van der Waals surface area (Å²) in [6, 6.07) is 9.62. The van der Waals surface area contributed by atoms with E-state index in [1.807, 2.05) is 25.3 Å². The van der Waals surface area contributed by atoms with E-state index in [1.54, 1.807) is 36.4 Å². The summed E-state index contributed by atoms with van der Waals surface area (Å²) >= 11 is 15.8. The van der Waals surface area contributed by atoms with Crippen molar-refractivity contribution >= 4 is 55.1 Å². The molecular formula is C23H24BrCl2N5O3S. The lowest BCUT2D eigenvalue weighted by atomic mass is 9.79. The number of sulfonamides is 1. The molecule has 1 aliphatic heterocycles. The molecule has 1 aliphatic rings. The zero-order chi connectivity index (χ0) is 25.8. The van der Waals surface area contributed by atoms with Gasteiger partial charge in [0.1, 0.15) is 0 Å². The molecule has 1 amide bonds. The summed E-state index contributed by atoms with van der Waals surface area (Å²) in [5, 5.41) is 9.27. The minimum atomic E-state index is -3.81. The Morgan fingerprint density at radius 3 is 2.43 bits per heavy atom. The number of likely N-dealkylation sites (tertiary alicyclic amines) is 1. The van der Waals surface area contributed by atoms with E-state index in [0.29, 0.717) is 18.1 Å². The van der Waals surface area contributed by atoms with Crippen LogP contribution in [0.15, 0.2) is 52.0 Å². The Hall–Kier alpha value is -1.98. The number of benzene rings is 2. The van der Waals surface area contributed by atoms with E-state index >= 15 is 0 Å². The highest BCUT2D eigenvalue weighted by Gasteiger charge is 2.45. The smallest absolute Gasteiger partial charge is 0.255 e. The Morgan fingerprint density at radius 2 is 1.80 bits per heavy atom. The summed E-state index contributed by atoms with van der Waals surface area (Å²) in [5.41, 5.74) is 0.565. The van der Waals surface area contributed by atoms with Crippen molar-refractivity contribution in [2.45, 2.75) is 43.5 Å². The Labute approximate surface area is 222 Å². The van der Waals surface area contributed by atoms with Crippen molar-refractivity contribution in [1.29, 1.82) is 0 Å². The first-order valence-electron chi connectivity index (χ1n) is 10.7. The number of nitrogens with one attached hydrogen (secondary N) is 1. The standard InChI is InChI=1S/C23H24BrCl2N5O3S/c1-22(2,3)28-35(33,34)15-6-8-18(25)16(10-15)21(32)30-12-23(4,13-30)20-11-31(29-27-20)14-5-7-17(24)19(26)9-14/h5-11,28H,12-13H2,1-4H3. The maximum absolute atomic E-state index is 13.2. The summed E-state index contributed by atoms with van der Waals surface area (Å²) in [6.07, 6.45) is 1.82. The van der Waals surface area contributed by atoms with Gasteiger partial charge < -0.3 is 4.90 Å². The number of rotatable bonds is 5. The van der Waals surface area contributed by atoms with Crippen LogP contribution >= 0.6 is 39.1 Å². The molecule has 0 spiro atoms. The van der Waals surface area contributed by atoms with Crippen LogP contribution in [-0.2, 0) is 15.4 Å². The number of nitrogens with zero attached hydrogens (tertiary/aromatic N) is 4. The molecule has 2 heterocycles.